The number of likely N-dealkylation sites (tertiary alicyclic amines) is 1. The van der Waals surface area contributed by atoms with E-state index in [0.29, 0.717) is 35.1 Å². The number of halogens is 2. The van der Waals surface area contributed by atoms with Gasteiger partial charge in [-0.1, -0.05) is 47.1 Å². The van der Waals surface area contributed by atoms with Gasteiger partial charge in [0.1, 0.15) is 0 Å². The molecule has 1 fully saturated rings. The van der Waals surface area contributed by atoms with Crippen LogP contribution >= 0.6 is 24.0 Å². The van der Waals surface area contributed by atoms with Gasteiger partial charge in [-0.05, 0) is 42.3 Å². The molecule has 2 heterocycles. The lowest BCUT2D eigenvalue weighted by Crippen LogP contribution is -2.25. The molecule has 0 radical (unpaired) electrons. The molecule has 4 rings (SSSR count). The summed E-state index contributed by atoms with van der Waals surface area (Å²) < 4.78 is 5.43. The van der Waals surface area contributed by atoms with Gasteiger partial charge in [0.05, 0.1) is 0 Å². The summed E-state index contributed by atoms with van der Waals surface area (Å²) >= 11 is 5.93. The maximum Gasteiger partial charge on any atom is 0.228 e. The van der Waals surface area contributed by atoms with Crippen molar-refractivity contribution < 1.29 is 4.52 Å². The van der Waals surface area contributed by atoms with Crippen LogP contribution in [0.4, 0.5) is 0 Å². The Morgan fingerprint density at radius 2 is 1.82 bits per heavy atom. The van der Waals surface area contributed by atoms with Crippen molar-refractivity contribution in [1.29, 1.82) is 0 Å². The Morgan fingerprint density at radius 3 is 2.54 bits per heavy atom. The van der Waals surface area contributed by atoms with Gasteiger partial charge in [-0.25, -0.2) is 0 Å². The number of benzene rings is 2. The highest BCUT2D eigenvalue weighted by Crippen LogP contribution is 2.32. The van der Waals surface area contributed by atoms with Crippen molar-refractivity contribution >= 4 is 24.0 Å². The normalized spacial score (nSPS) is 19.5. The van der Waals surface area contributed by atoms with E-state index in [9.17, 15) is 0 Å². The second-order valence-corrected chi connectivity index (χ2v) is 7.48. The summed E-state index contributed by atoms with van der Waals surface area (Å²) in [7, 11) is 0. The van der Waals surface area contributed by atoms with Gasteiger partial charge >= 0.3 is 0 Å². The lowest BCUT2D eigenvalue weighted by atomic mass is 9.89. The topological polar surface area (TPSA) is 68.2 Å². The Hall–Kier alpha value is -1.92. The molecule has 1 aliphatic rings. The maximum atomic E-state index is 6.03. The molecule has 1 aromatic heterocycles. The molecule has 1 aliphatic heterocycles. The number of hydrogen-bond acceptors (Lipinski definition) is 5. The standard InChI is InChI=1S/C21H23ClN4O.ClH/c22-18-8-6-16(7-9-18)21-24-20(27-25-21)10-11-26-13-17(12-23)19(14-26)15-4-2-1-3-5-15;/h1-9,17,19H,10-14,23H2;1H/t17-,19+;/m1./s1. The first-order chi connectivity index (χ1) is 13.2. The fourth-order valence-electron chi connectivity index (χ4n) is 3.79. The number of nitrogens with zero attached hydrogens (tertiary/aromatic N) is 3. The molecule has 2 N–H and O–H groups in total. The van der Waals surface area contributed by atoms with Crippen LogP contribution in [0.2, 0.25) is 5.02 Å². The number of nitrogens with two attached hydrogens (primary N) is 1. The first-order valence-corrected chi connectivity index (χ1v) is 9.66. The fraction of sp³-hybridized carbons (Fsp3) is 0.333. The molecule has 28 heavy (non-hydrogen) atoms. The van der Waals surface area contributed by atoms with Gasteiger partial charge in [0.2, 0.25) is 11.7 Å². The zero-order valence-electron chi connectivity index (χ0n) is 15.5. The van der Waals surface area contributed by atoms with Crippen LogP contribution in [0.1, 0.15) is 17.4 Å². The molecule has 5 nitrogen and oxygen atoms in total. The summed E-state index contributed by atoms with van der Waals surface area (Å²) in [4.78, 5) is 6.96. The maximum absolute atomic E-state index is 6.03. The first kappa shape index (κ1) is 20.8. The summed E-state index contributed by atoms with van der Waals surface area (Å²) in [6.45, 7) is 3.62. The molecule has 3 aromatic rings. The van der Waals surface area contributed by atoms with Crippen molar-refractivity contribution in [2.45, 2.75) is 12.3 Å². The van der Waals surface area contributed by atoms with Crippen molar-refractivity contribution in [3.05, 3.63) is 71.1 Å². The number of hydrogen-bond donors (Lipinski definition) is 1. The van der Waals surface area contributed by atoms with Gasteiger partial charge in [-0.2, -0.15) is 4.98 Å². The Balaban J connectivity index is 0.00000225. The van der Waals surface area contributed by atoms with Crippen molar-refractivity contribution in [3.63, 3.8) is 0 Å². The molecule has 0 bridgehead atoms. The van der Waals surface area contributed by atoms with Crippen LogP contribution in [0.5, 0.6) is 0 Å². The average molecular weight is 419 g/mol. The SMILES string of the molecule is Cl.NC[C@@H]1CN(CCc2nc(-c3ccc(Cl)cc3)no2)C[C@H]1c1ccccc1. The summed E-state index contributed by atoms with van der Waals surface area (Å²) in [5, 5.41) is 4.78. The van der Waals surface area contributed by atoms with Crippen LogP contribution in [-0.4, -0.2) is 41.2 Å². The van der Waals surface area contributed by atoms with Gasteiger partial charge in [0.15, 0.2) is 0 Å². The van der Waals surface area contributed by atoms with Crippen molar-refractivity contribution in [3.8, 4) is 11.4 Å². The van der Waals surface area contributed by atoms with Crippen LogP contribution in [-0.2, 0) is 6.42 Å². The van der Waals surface area contributed by atoms with E-state index in [1.165, 1.54) is 5.56 Å². The molecule has 1 saturated heterocycles. The third-order valence-electron chi connectivity index (χ3n) is 5.26. The lowest BCUT2D eigenvalue weighted by molar-refractivity contribution is 0.302. The van der Waals surface area contributed by atoms with E-state index in [-0.39, 0.29) is 12.4 Å². The molecule has 2 atom stereocenters. The smallest absolute Gasteiger partial charge is 0.228 e. The second-order valence-electron chi connectivity index (χ2n) is 7.04. The molecule has 7 heteroatoms. The van der Waals surface area contributed by atoms with E-state index in [0.717, 1.165) is 31.6 Å². The monoisotopic (exact) mass is 418 g/mol. The quantitative estimate of drug-likeness (QED) is 0.654. The summed E-state index contributed by atoms with van der Waals surface area (Å²) in [5.74, 6) is 2.24. The molecule has 0 amide bonds. The molecular formula is C21H24Cl2N4O. The van der Waals surface area contributed by atoms with Crippen LogP contribution in [0.25, 0.3) is 11.4 Å². The molecule has 148 valence electrons. The van der Waals surface area contributed by atoms with E-state index in [1.54, 1.807) is 0 Å². The zero-order chi connectivity index (χ0) is 18.6. The minimum atomic E-state index is 0. The lowest BCUT2D eigenvalue weighted by Gasteiger charge is -2.16. The van der Waals surface area contributed by atoms with Crippen LogP contribution in [0, 0.1) is 5.92 Å². The largest absolute Gasteiger partial charge is 0.339 e. The number of aromatic nitrogens is 2. The van der Waals surface area contributed by atoms with Crippen molar-refractivity contribution in [2.24, 2.45) is 11.7 Å². The number of rotatable bonds is 6. The van der Waals surface area contributed by atoms with Gasteiger partial charge < -0.3 is 15.2 Å². The van der Waals surface area contributed by atoms with E-state index >= 15 is 0 Å². The highest BCUT2D eigenvalue weighted by Gasteiger charge is 2.32. The minimum Gasteiger partial charge on any atom is -0.339 e. The van der Waals surface area contributed by atoms with E-state index in [2.05, 4.69) is 45.4 Å². The predicted octanol–water partition coefficient (Wildman–Crippen LogP) is 4.03. The third kappa shape index (κ3) is 4.73. The van der Waals surface area contributed by atoms with Gasteiger partial charge in [0, 0.05) is 42.6 Å². The Labute approximate surface area is 176 Å². The fourth-order valence-corrected chi connectivity index (χ4v) is 3.91. The van der Waals surface area contributed by atoms with Crippen LogP contribution in [0.3, 0.4) is 0 Å². The predicted molar refractivity (Wildman–Crippen MR) is 114 cm³/mol. The van der Waals surface area contributed by atoms with Gasteiger partial charge in [0.25, 0.3) is 0 Å². The summed E-state index contributed by atoms with van der Waals surface area (Å²) in [6.07, 6.45) is 0.736. The van der Waals surface area contributed by atoms with Crippen LogP contribution in [0.15, 0.2) is 59.1 Å². The van der Waals surface area contributed by atoms with E-state index in [1.807, 2.05) is 24.3 Å². The third-order valence-corrected chi connectivity index (χ3v) is 5.51. The highest BCUT2D eigenvalue weighted by molar-refractivity contribution is 6.30. The average Bonchev–Trinajstić information content (AvgIpc) is 3.34. The van der Waals surface area contributed by atoms with Crippen molar-refractivity contribution in [1.82, 2.24) is 15.0 Å². The Kier molecular flexibility index (Phi) is 7.08. The highest BCUT2D eigenvalue weighted by atomic mass is 35.5. The molecule has 0 spiro atoms. The second kappa shape index (κ2) is 9.52. The molecule has 2 aromatic carbocycles. The van der Waals surface area contributed by atoms with Gasteiger partial charge in [-0.15, -0.1) is 12.4 Å². The molecule has 0 unspecified atom stereocenters. The summed E-state index contributed by atoms with van der Waals surface area (Å²) in [6, 6.07) is 18.1. The van der Waals surface area contributed by atoms with Crippen molar-refractivity contribution in [2.75, 3.05) is 26.2 Å². The zero-order valence-corrected chi connectivity index (χ0v) is 17.1. The van der Waals surface area contributed by atoms with Crippen LogP contribution < -0.4 is 5.73 Å². The first-order valence-electron chi connectivity index (χ1n) is 9.29. The molecular weight excluding hydrogens is 395 g/mol. The van der Waals surface area contributed by atoms with E-state index < -0.39 is 0 Å². The molecule has 0 aliphatic carbocycles. The minimum absolute atomic E-state index is 0. The summed E-state index contributed by atoms with van der Waals surface area (Å²) in [5.41, 5.74) is 8.31. The Bertz CT molecular complexity index is 870. The Morgan fingerprint density at radius 1 is 1.07 bits per heavy atom. The van der Waals surface area contributed by atoms with E-state index in [4.69, 9.17) is 21.9 Å². The molecule has 0 saturated carbocycles. The van der Waals surface area contributed by atoms with Gasteiger partial charge in [-0.3, -0.25) is 0 Å².